The van der Waals surface area contributed by atoms with E-state index >= 15 is 0 Å². The number of hydrogen-bond acceptors (Lipinski definition) is 1. The minimum atomic E-state index is -0.424. The Morgan fingerprint density at radius 1 is 1.31 bits per heavy atom. The second kappa shape index (κ2) is 3.85. The normalized spacial score (nSPS) is 36.9. The molecule has 16 heavy (non-hydrogen) atoms. The minimum absolute atomic E-state index is 0.424. The zero-order valence-corrected chi connectivity index (χ0v) is 10.9. The zero-order chi connectivity index (χ0) is 11.2. The number of fused-ring (bicyclic) bond motifs is 2. The van der Waals surface area contributed by atoms with Crippen LogP contribution in [0.3, 0.4) is 0 Å². The van der Waals surface area contributed by atoms with Crippen molar-refractivity contribution in [2.75, 3.05) is 0 Å². The highest BCUT2D eigenvalue weighted by molar-refractivity contribution is 9.10. The van der Waals surface area contributed by atoms with Crippen molar-refractivity contribution in [3.05, 3.63) is 34.3 Å². The first-order valence-electron chi connectivity index (χ1n) is 6.13. The van der Waals surface area contributed by atoms with Gasteiger partial charge in [-0.15, -0.1) is 0 Å². The number of halogens is 1. The Morgan fingerprint density at radius 2 is 2.12 bits per heavy atom. The van der Waals surface area contributed by atoms with Gasteiger partial charge in [0, 0.05) is 10.9 Å². The van der Waals surface area contributed by atoms with E-state index in [0.717, 1.165) is 23.2 Å². The van der Waals surface area contributed by atoms with Crippen LogP contribution in [0.25, 0.3) is 0 Å². The molecule has 0 radical (unpaired) electrons. The molecule has 0 aliphatic heterocycles. The molecule has 0 amide bonds. The van der Waals surface area contributed by atoms with Crippen LogP contribution >= 0.6 is 15.9 Å². The predicted molar refractivity (Wildman–Crippen MR) is 68.2 cm³/mol. The first kappa shape index (κ1) is 10.8. The molecule has 1 N–H and O–H groups in total. The van der Waals surface area contributed by atoms with Gasteiger partial charge in [-0.25, -0.2) is 0 Å². The molecule has 2 aliphatic rings. The van der Waals surface area contributed by atoms with E-state index in [2.05, 4.69) is 34.1 Å². The SMILES string of the molecule is OC1(Cc2ccccc2Br)CC2CCC1C2. The molecule has 2 heteroatoms. The van der Waals surface area contributed by atoms with E-state index in [0.29, 0.717) is 5.92 Å². The van der Waals surface area contributed by atoms with E-state index in [4.69, 9.17) is 0 Å². The van der Waals surface area contributed by atoms with Gasteiger partial charge in [-0.3, -0.25) is 0 Å². The first-order chi connectivity index (χ1) is 7.67. The van der Waals surface area contributed by atoms with Gasteiger partial charge in [-0.05, 0) is 49.1 Å². The Kier molecular flexibility index (Phi) is 2.60. The van der Waals surface area contributed by atoms with Gasteiger partial charge in [0.05, 0.1) is 5.60 Å². The smallest absolute Gasteiger partial charge is 0.0719 e. The molecule has 0 aromatic heterocycles. The molecule has 0 saturated heterocycles. The van der Waals surface area contributed by atoms with Gasteiger partial charge in [0.15, 0.2) is 0 Å². The van der Waals surface area contributed by atoms with E-state index in [1.165, 1.54) is 24.8 Å². The fourth-order valence-electron chi connectivity index (χ4n) is 3.60. The molecule has 1 nitrogen and oxygen atoms in total. The topological polar surface area (TPSA) is 20.2 Å². The molecule has 2 aliphatic carbocycles. The van der Waals surface area contributed by atoms with E-state index in [9.17, 15) is 5.11 Å². The molecule has 2 fully saturated rings. The monoisotopic (exact) mass is 280 g/mol. The molecule has 0 spiro atoms. The Morgan fingerprint density at radius 3 is 2.75 bits per heavy atom. The van der Waals surface area contributed by atoms with Crippen molar-refractivity contribution < 1.29 is 5.11 Å². The van der Waals surface area contributed by atoms with E-state index in [-0.39, 0.29) is 0 Å². The Hall–Kier alpha value is -0.340. The Balaban J connectivity index is 1.82. The number of rotatable bonds is 2. The highest BCUT2D eigenvalue weighted by atomic mass is 79.9. The third-order valence-corrected chi connectivity index (χ3v) is 5.17. The van der Waals surface area contributed by atoms with E-state index in [1.807, 2.05) is 6.07 Å². The molecule has 1 aromatic carbocycles. The zero-order valence-electron chi connectivity index (χ0n) is 9.32. The molecular weight excluding hydrogens is 264 g/mol. The molecule has 0 heterocycles. The molecule has 3 atom stereocenters. The summed E-state index contributed by atoms with van der Waals surface area (Å²) in [4.78, 5) is 0. The lowest BCUT2D eigenvalue weighted by molar-refractivity contribution is -0.0126. The fourth-order valence-corrected chi connectivity index (χ4v) is 4.03. The molecule has 3 rings (SSSR count). The van der Waals surface area contributed by atoms with Gasteiger partial charge < -0.3 is 5.11 Å². The Labute approximate surface area is 105 Å². The number of aliphatic hydroxyl groups is 1. The molecule has 2 saturated carbocycles. The van der Waals surface area contributed by atoms with Crippen LogP contribution in [0.4, 0.5) is 0 Å². The van der Waals surface area contributed by atoms with Crippen LogP contribution in [0.1, 0.15) is 31.2 Å². The van der Waals surface area contributed by atoms with E-state index in [1.54, 1.807) is 0 Å². The summed E-state index contributed by atoms with van der Waals surface area (Å²) in [6.07, 6.45) is 5.64. The third kappa shape index (κ3) is 1.72. The van der Waals surface area contributed by atoms with Crippen LogP contribution in [0.5, 0.6) is 0 Å². The second-order valence-electron chi connectivity index (χ2n) is 5.45. The highest BCUT2D eigenvalue weighted by Gasteiger charge is 2.49. The lowest BCUT2D eigenvalue weighted by Crippen LogP contribution is -2.37. The summed E-state index contributed by atoms with van der Waals surface area (Å²) in [6.45, 7) is 0. The van der Waals surface area contributed by atoms with Crippen molar-refractivity contribution in [2.24, 2.45) is 11.8 Å². The maximum atomic E-state index is 10.7. The average Bonchev–Trinajstić information content (AvgIpc) is 2.81. The highest BCUT2D eigenvalue weighted by Crippen LogP contribution is 2.52. The summed E-state index contributed by atoms with van der Waals surface area (Å²) in [5.41, 5.74) is 0.824. The molecule has 2 bridgehead atoms. The Bertz CT molecular complexity index is 403. The quantitative estimate of drug-likeness (QED) is 0.879. The standard InChI is InChI=1S/C14H17BrO/c15-13-4-2-1-3-11(13)9-14(16)8-10-5-6-12(14)7-10/h1-4,10,12,16H,5-9H2. The van der Waals surface area contributed by atoms with Crippen molar-refractivity contribution in [2.45, 2.75) is 37.7 Å². The fraction of sp³-hybridized carbons (Fsp3) is 0.571. The van der Waals surface area contributed by atoms with Crippen molar-refractivity contribution in [3.8, 4) is 0 Å². The van der Waals surface area contributed by atoms with Gasteiger partial charge in [0.25, 0.3) is 0 Å². The van der Waals surface area contributed by atoms with E-state index < -0.39 is 5.60 Å². The number of hydrogen-bond donors (Lipinski definition) is 1. The largest absolute Gasteiger partial charge is 0.389 e. The van der Waals surface area contributed by atoms with Gasteiger partial charge in [-0.2, -0.15) is 0 Å². The second-order valence-corrected chi connectivity index (χ2v) is 6.31. The summed E-state index contributed by atoms with van der Waals surface area (Å²) in [6, 6.07) is 8.26. The van der Waals surface area contributed by atoms with Crippen molar-refractivity contribution in [3.63, 3.8) is 0 Å². The van der Waals surface area contributed by atoms with Gasteiger partial charge in [0.2, 0.25) is 0 Å². The lowest BCUT2D eigenvalue weighted by Gasteiger charge is -2.32. The third-order valence-electron chi connectivity index (χ3n) is 4.40. The van der Waals surface area contributed by atoms with Gasteiger partial charge >= 0.3 is 0 Å². The molecule has 86 valence electrons. The molecule has 3 unspecified atom stereocenters. The predicted octanol–water partition coefficient (Wildman–Crippen LogP) is 3.54. The van der Waals surface area contributed by atoms with Crippen molar-refractivity contribution >= 4 is 15.9 Å². The van der Waals surface area contributed by atoms with Gasteiger partial charge in [0.1, 0.15) is 0 Å². The minimum Gasteiger partial charge on any atom is -0.389 e. The van der Waals surface area contributed by atoms with Crippen LogP contribution in [-0.2, 0) is 6.42 Å². The van der Waals surface area contributed by atoms with Crippen LogP contribution in [0.15, 0.2) is 28.7 Å². The summed E-state index contributed by atoms with van der Waals surface area (Å²) >= 11 is 3.57. The summed E-state index contributed by atoms with van der Waals surface area (Å²) in [5.74, 6) is 1.34. The summed E-state index contributed by atoms with van der Waals surface area (Å²) < 4.78 is 1.13. The van der Waals surface area contributed by atoms with Crippen LogP contribution in [-0.4, -0.2) is 10.7 Å². The van der Waals surface area contributed by atoms with Crippen molar-refractivity contribution in [1.29, 1.82) is 0 Å². The van der Waals surface area contributed by atoms with Crippen LogP contribution < -0.4 is 0 Å². The summed E-state index contributed by atoms with van der Waals surface area (Å²) in [7, 11) is 0. The first-order valence-corrected chi connectivity index (χ1v) is 6.92. The maximum absolute atomic E-state index is 10.7. The summed E-state index contributed by atoms with van der Waals surface area (Å²) in [5, 5.41) is 10.7. The number of benzene rings is 1. The molecular formula is C14H17BrO. The average molecular weight is 281 g/mol. The van der Waals surface area contributed by atoms with Crippen molar-refractivity contribution in [1.82, 2.24) is 0 Å². The lowest BCUT2D eigenvalue weighted by atomic mass is 9.80. The molecule has 1 aromatic rings. The maximum Gasteiger partial charge on any atom is 0.0719 e. The van der Waals surface area contributed by atoms with Gasteiger partial charge in [-0.1, -0.05) is 34.1 Å². The van der Waals surface area contributed by atoms with Crippen LogP contribution in [0, 0.1) is 11.8 Å². The van der Waals surface area contributed by atoms with Crippen LogP contribution in [0.2, 0.25) is 0 Å².